The largest absolute Gasteiger partial charge is 0.345 e. The molecule has 6 nitrogen and oxygen atoms in total. The van der Waals surface area contributed by atoms with E-state index in [0.717, 1.165) is 18.5 Å². The van der Waals surface area contributed by atoms with Crippen LogP contribution in [0.4, 0.5) is 0 Å². The van der Waals surface area contributed by atoms with E-state index in [1.807, 2.05) is 12.1 Å². The van der Waals surface area contributed by atoms with Gasteiger partial charge in [0, 0.05) is 38.4 Å². The van der Waals surface area contributed by atoms with Gasteiger partial charge in [-0.2, -0.15) is 0 Å². The summed E-state index contributed by atoms with van der Waals surface area (Å²) >= 11 is 0. The van der Waals surface area contributed by atoms with Gasteiger partial charge in [-0.15, -0.1) is 0 Å². The molecule has 2 fully saturated rings. The molecule has 1 N–H and O–H groups in total. The summed E-state index contributed by atoms with van der Waals surface area (Å²) in [6, 6.07) is 12.7. The van der Waals surface area contributed by atoms with Gasteiger partial charge in [0.05, 0.1) is 6.61 Å². The Morgan fingerprint density at radius 3 is 2.47 bits per heavy atom. The molecule has 160 valence electrons. The number of hydrogen-bond donors (Lipinski definition) is 1. The normalized spacial score (nSPS) is 23.0. The average Bonchev–Trinajstić information content (AvgIpc) is 2.79. The molecular formula is C24H32N4O2. The van der Waals surface area contributed by atoms with Crippen LogP contribution in [0.25, 0.3) is 0 Å². The van der Waals surface area contributed by atoms with Gasteiger partial charge in [0.1, 0.15) is 0 Å². The van der Waals surface area contributed by atoms with Crippen molar-refractivity contribution in [1.29, 1.82) is 0 Å². The maximum atomic E-state index is 12.4. The summed E-state index contributed by atoms with van der Waals surface area (Å²) in [6.07, 6.45) is 8.36. The van der Waals surface area contributed by atoms with Crippen molar-refractivity contribution in [2.75, 3.05) is 26.7 Å². The smallest absolute Gasteiger partial charge is 0.227 e. The summed E-state index contributed by atoms with van der Waals surface area (Å²) in [5.74, 6) is 0.0858. The molecule has 3 heterocycles. The van der Waals surface area contributed by atoms with E-state index in [-0.39, 0.29) is 11.9 Å². The number of nitrogens with zero attached hydrogens (tertiary/aromatic N) is 3. The van der Waals surface area contributed by atoms with Crippen LogP contribution in [-0.2, 0) is 22.5 Å². The Morgan fingerprint density at radius 1 is 1.03 bits per heavy atom. The summed E-state index contributed by atoms with van der Waals surface area (Å²) in [7, 11) is 1.79. The first kappa shape index (κ1) is 21.0. The second kappa shape index (κ2) is 10.2. The molecule has 30 heavy (non-hydrogen) atoms. The summed E-state index contributed by atoms with van der Waals surface area (Å²) < 4.78 is 6.04. The van der Waals surface area contributed by atoms with Gasteiger partial charge < -0.3 is 9.64 Å². The van der Waals surface area contributed by atoms with Crippen molar-refractivity contribution in [3.63, 3.8) is 0 Å². The van der Waals surface area contributed by atoms with Gasteiger partial charge in [0.2, 0.25) is 5.91 Å². The van der Waals surface area contributed by atoms with Gasteiger partial charge >= 0.3 is 0 Å². The van der Waals surface area contributed by atoms with E-state index in [2.05, 4.69) is 39.5 Å². The van der Waals surface area contributed by atoms with E-state index in [9.17, 15) is 4.79 Å². The second-order valence-corrected chi connectivity index (χ2v) is 8.34. The first-order valence-corrected chi connectivity index (χ1v) is 11.0. The lowest BCUT2D eigenvalue weighted by molar-refractivity contribution is -0.156. The van der Waals surface area contributed by atoms with Crippen LogP contribution in [0.5, 0.6) is 0 Å². The van der Waals surface area contributed by atoms with Crippen LogP contribution in [0.2, 0.25) is 0 Å². The number of carbonyl (C=O) groups excluding carboxylic acids is 1. The van der Waals surface area contributed by atoms with Crippen molar-refractivity contribution in [1.82, 2.24) is 20.1 Å². The van der Waals surface area contributed by atoms with Gasteiger partial charge in [-0.25, -0.2) is 0 Å². The topological polar surface area (TPSA) is 57.7 Å². The zero-order valence-corrected chi connectivity index (χ0v) is 17.8. The van der Waals surface area contributed by atoms with Gasteiger partial charge in [0.15, 0.2) is 6.35 Å². The molecule has 0 spiro atoms. The fraction of sp³-hybridized carbons (Fsp3) is 0.500. The first-order chi connectivity index (χ1) is 14.7. The number of aromatic nitrogens is 1. The summed E-state index contributed by atoms with van der Waals surface area (Å²) in [5, 5.41) is 3.44. The van der Waals surface area contributed by atoms with Crippen molar-refractivity contribution in [2.24, 2.45) is 0 Å². The van der Waals surface area contributed by atoms with E-state index in [4.69, 9.17) is 4.74 Å². The Labute approximate surface area is 179 Å². The minimum Gasteiger partial charge on any atom is -0.345 e. The summed E-state index contributed by atoms with van der Waals surface area (Å²) in [5.41, 5.74) is 3.69. The number of benzene rings is 1. The zero-order valence-electron chi connectivity index (χ0n) is 17.8. The zero-order chi connectivity index (χ0) is 20.8. The number of pyridine rings is 1. The van der Waals surface area contributed by atoms with E-state index < -0.39 is 6.35 Å². The first-order valence-electron chi connectivity index (χ1n) is 11.0. The third-order valence-electron chi connectivity index (χ3n) is 6.12. The molecule has 4 rings (SSSR count). The third kappa shape index (κ3) is 5.45. The monoisotopic (exact) mass is 408 g/mol. The molecule has 1 aromatic carbocycles. The van der Waals surface area contributed by atoms with Crippen molar-refractivity contribution >= 4 is 5.91 Å². The van der Waals surface area contributed by atoms with Gasteiger partial charge in [-0.05, 0) is 61.2 Å². The van der Waals surface area contributed by atoms with Crippen LogP contribution in [0.15, 0.2) is 48.8 Å². The summed E-state index contributed by atoms with van der Waals surface area (Å²) in [4.78, 5) is 20.7. The number of likely N-dealkylation sites (tertiary alicyclic amines) is 1. The Hall–Kier alpha value is -2.28. The quantitative estimate of drug-likeness (QED) is 0.763. The minimum absolute atomic E-state index is 0.0456. The molecular weight excluding hydrogens is 376 g/mol. The van der Waals surface area contributed by atoms with Crippen LogP contribution < -0.4 is 5.32 Å². The Morgan fingerprint density at radius 2 is 1.73 bits per heavy atom. The molecule has 2 atom stereocenters. The van der Waals surface area contributed by atoms with Crippen molar-refractivity contribution in [3.05, 3.63) is 65.5 Å². The number of carbonyl (C=O) groups is 1. The standard InChI is InChI=1S/C24H32N4O2/c1-27-23(29)17-22(21-9-12-25-13-10-21)26-24(27)30-16-11-19-5-7-20(8-6-19)18-28-14-3-2-4-15-28/h5-10,12-13,22,24,26H,2-4,11,14-18H2,1H3. The fourth-order valence-corrected chi connectivity index (χ4v) is 4.24. The number of hydrogen-bond acceptors (Lipinski definition) is 5. The molecule has 2 saturated heterocycles. The lowest BCUT2D eigenvalue weighted by Gasteiger charge is -2.37. The fourth-order valence-electron chi connectivity index (χ4n) is 4.24. The molecule has 2 aliphatic heterocycles. The highest BCUT2D eigenvalue weighted by atomic mass is 16.5. The second-order valence-electron chi connectivity index (χ2n) is 8.34. The number of amides is 1. The predicted molar refractivity (Wildman–Crippen MR) is 117 cm³/mol. The number of piperidine rings is 1. The third-order valence-corrected chi connectivity index (χ3v) is 6.12. The van der Waals surface area contributed by atoms with Crippen molar-refractivity contribution in [3.8, 4) is 0 Å². The predicted octanol–water partition coefficient (Wildman–Crippen LogP) is 3.10. The van der Waals surface area contributed by atoms with E-state index in [1.54, 1.807) is 24.3 Å². The summed E-state index contributed by atoms with van der Waals surface area (Å²) in [6.45, 7) is 4.04. The van der Waals surface area contributed by atoms with Crippen LogP contribution in [0.3, 0.4) is 0 Å². The average molecular weight is 409 g/mol. The molecule has 2 aliphatic rings. The van der Waals surface area contributed by atoms with Crippen LogP contribution in [-0.4, -0.2) is 53.8 Å². The van der Waals surface area contributed by atoms with E-state index in [0.29, 0.717) is 13.0 Å². The van der Waals surface area contributed by atoms with Crippen molar-refractivity contribution < 1.29 is 9.53 Å². The van der Waals surface area contributed by atoms with Crippen LogP contribution >= 0.6 is 0 Å². The molecule has 1 aromatic heterocycles. The van der Waals surface area contributed by atoms with Gasteiger partial charge in [-0.1, -0.05) is 30.7 Å². The lowest BCUT2D eigenvalue weighted by atomic mass is 10.0. The highest BCUT2D eigenvalue weighted by molar-refractivity contribution is 5.77. The number of rotatable bonds is 7. The maximum absolute atomic E-state index is 12.4. The molecule has 0 radical (unpaired) electrons. The highest BCUT2D eigenvalue weighted by Gasteiger charge is 2.32. The Kier molecular flexibility index (Phi) is 7.10. The number of nitrogens with one attached hydrogen (secondary N) is 1. The van der Waals surface area contributed by atoms with Crippen LogP contribution in [0, 0.1) is 0 Å². The van der Waals surface area contributed by atoms with E-state index in [1.165, 1.54) is 43.5 Å². The molecule has 2 aromatic rings. The lowest BCUT2D eigenvalue weighted by Crippen LogP contribution is -2.55. The molecule has 0 bridgehead atoms. The van der Waals surface area contributed by atoms with Gasteiger partial charge in [0.25, 0.3) is 0 Å². The van der Waals surface area contributed by atoms with Gasteiger partial charge in [-0.3, -0.25) is 20.0 Å². The molecule has 2 unspecified atom stereocenters. The Bertz CT molecular complexity index is 806. The minimum atomic E-state index is -0.414. The number of ether oxygens (including phenoxy) is 1. The molecule has 0 aliphatic carbocycles. The van der Waals surface area contributed by atoms with E-state index >= 15 is 0 Å². The Balaban J connectivity index is 1.27. The van der Waals surface area contributed by atoms with Crippen molar-refractivity contribution in [2.45, 2.75) is 51.0 Å². The molecule has 0 saturated carbocycles. The molecule has 1 amide bonds. The highest BCUT2D eigenvalue weighted by Crippen LogP contribution is 2.23. The van der Waals surface area contributed by atoms with Crippen LogP contribution in [0.1, 0.15) is 48.4 Å². The SMILES string of the molecule is CN1C(=O)CC(c2ccncc2)NC1OCCc1ccc(CN2CCCCC2)cc1. The molecule has 6 heteroatoms. The maximum Gasteiger partial charge on any atom is 0.227 e.